The molecule has 1 N–H and O–H groups in total. The van der Waals surface area contributed by atoms with E-state index in [1.165, 1.54) is 0 Å². The van der Waals surface area contributed by atoms with Gasteiger partial charge in [-0.25, -0.2) is 4.79 Å². The van der Waals surface area contributed by atoms with E-state index in [0.717, 1.165) is 24.1 Å². The lowest BCUT2D eigenvalue weighted by Crippen LogP contribution is -2.48. The monoisotopic (exact) mass is 281 g/mol. The number of nitrogens with one attached hydrogen (secondary N) is 1. The molecule has 0 saturated heterocycles. The lowest BCUT2D eigenvalue weighted by molar-refractivity contribution is -0.0792. The highest BCUT2D eigenvalue weighted by Crippen LogP contribution is 2.51. The summed E-state index contributed by atoms with van der Waals surface area (Å²) in [6, 6.07) is 5.52. The number of ether oxygens (including phenoxy) is 1. The van der Waals surface area contributed by atoms with Crippen LogP contribution in [0.2, 0.25) is 5.02 Å². The number of anilines is 1. The molecule has 0 unspecified atom stereocenters. The molecule has 1 aliphatic heterocycles. The summed E-state index contributed by atoms with van der Waals surface area (Å²) in [5.74, 6) is 0. The molecule has 1 aliphatic rings. The Bertz CT molecular complexity index is 507. The minimum atomic E-state index is -0.635. The van der Waals surface area contributed by atoms with E-state index in [-0.39, 0.29) is 5.41 Å². The third-order valence-electron chi connectivity index (χ3n) is 3.73. The van der Waals surface area contributed by atoms with Gasteiger partial charge in [0.15, 0.2) is 0 Å². The molecule has 4 heteroatoms. The molecular weight excluding hydrogens is 262 g/mol. The molecule has 1 aromatic rings. The summed E-state index contributed by atoms with van der Waals surface area (Å²) >= 11 is 6.12. The predicted octanol–water partition coefficient (Wildman–Crippen LogP) is 4.94. The third kappa shape index (κ3) is 2.32. The number of carbonyl (C=O) groups is 1. The Morgan fingerprint density at radius 1 is 1.37 bits per heavy atom. The zero-order valence-electron chi connectivity index (χ0n) is 11.8. The fraction of sp³-hybridized carbons (Fsp3) is 0.533. The molecule has 0 aliphatic carbocycles. The lowest BCUT2D eigenvalue weighted by atomic mass is 9.68. The van der Waals surface area contributed by atoms with Crippen molar-refractivity contribution in [1.82, 2.24) is 0 Å². The molecule has 0 spiro atoms. The third-order valence-corrected chi connectivity index (χ3v) is 3.97. The molecular formula is C15H20ClNO2. The Balaban J connectivity index is 2.67. The average Bonchev–Trinajstić information content (AvgIpc) is 2.28. The van der Waals surface area contributed by atoms with E-state index >= 15 is 0 Å². The van der Waals surface area contributed by atoms with E-state index in [1.54, 1.807) is 6.07 Å². The van der Waals surface area contributed by atoms with Crippen molar-refractivity contribution in [3.05, 3.63) is 28.8 Å². The van der Waals surface area contributed by atoms with Gasteiger partial charge in [-0.3, -0.25) is 5.32 Å². The second kappa shape index (κ2) is 4.71. The maximum absolute atomic E-state index is 11.9. The highest BCUT2D eigenvalue weighted by molar-refractivity contribution is 6.30. The topological polar surface area (TPSA) is 38.3 Å². The number of hydrogen-bond donors (Lipinski definition) is 1. The lowest BCUT2D eigenvalue weighted by Gasteiger charge is -2.47. The summed E-state index contributed by atoms with van der Waals surface area (Å²) < 4.78 is 5.75. The fourth-order valence-corrected chi connectivity index (χ4v) is 2.95. The zero-order chi connectivity index (χ0) is 14.3. The van der Waals surface area contributed by atoms with Gasteiger partial charge in [0, 0.05) is 16.0 Å². The maximum Gasteiger partial charge on any atom is 0.412 e. The van der Waals surface area contributed by atoms with Gasteiger partial charge in [0.1, 0.15) is 5.60 Å². The van der Waals surface area contributed by atoms with Crippen LogP contribution in [0.3, 0.4) is 0 Å². The largest absolute Gasteiger partial charge is 0.437 e. The second-order valence-corrected chi connectivity index (χ2v) is 6.47. The van der Waals surface area contributed by atoms with Crippen molar-refractivity contribution in [3.8, 4) is 0 Å². The molecule has 1 amide bonds. The van der Waals surface area contributed by atoms with Gasteiger partial charge in [0.05, 0.1) is 5.69 Å². The van der Waals surface area contributed by atoms with E-state index in [1.807, 2.05) is 12.1 Å². The molecule has 3 nitrogen and oxygen atoms in total. The standard InChI is InChI=1S/C15H20ClNO2/c1-5-8-15(14(2,3)4)11-9-10(16)6-7-12(11)17-13(18)19-15/h6-7,9H,5,8H2,1-4H3,(H,17,18)/t15-/m1/s1. The molecule has 0 bridgehead atoms. The van der Waals surface area contributed by atoms with Crippen molar-refractivity contribution in [2.24, 2.45) is 5.41 Å². The zero-order valence-corrected chi connectivity index (χ0v) is 12.6. The highest BCUT2D eigenvalue weighted by Gasteiger charge is 2.50. The Hall–Kier alpha value is -1.22. The van der Waals surface area contributed by atoms with E-state index in [9.17, 15) is 4.79 Å². The molecule has 0 saturated carbocycles. The summed E-state index contributed by atoms with van der Waals surface area (Å²) in [6.07, 6.45) is 1.31. The van der Waals surface area contributed by atoms with Crippen molar-refractivity contribution in [2.75, 3.05) is 5.32 Å². The van der Waals surface area contributed by atoms with Crippen molar-refractivity contribution in [2.45, 2.75) is 46.1 Å². The average molecular weight is 282 g/mol. The van der Waals surface area contributed by atoms with Crippen LogP contribution in [0.5, 0.6) is 0 Å². The number of fused-ring (bicyclic) bond motifs is 1. The number of benzene rings is 1. The smallest absolute Gasteiger partial charge is 0.412 e. The first-order valence-corrected chi connectivity index (χ1v) is 6.98. The van der Waals surface area contributed by atoms with E-state index < -0.39 is 11.7 Å². The summed E-state index contributed by atoms with van der Waals surface area (Å²) in [6.45, 7) is 8.36. The summed E-state index contributed by atoms with van der Waals surface area (Å²) in [4.78, 5) is 11.9. The van der Waals surface area contributed by atoms with Gasteiger partial charge in [-0.2, -0.15) is 0 Å². The number of rotatable bonds is 2. The molecule has 0 fully saturated rings. The molecule has 1 heterocycles. The Morgan fingerprint density at radius 2 is 2.05 bits per heavy atom. The summed E-state index contributed by atoms with van der Waals surface area (Å²) in [5, 5.41) is 3.41. The number of halogens is 1. The van der Waals surface area contributed by atoms with Gasteiger partial charge in [-0.1, -0.05) is 45.7 Å². The van der Waals surface area contributed by atoms with Gasteiger partial charge >= 0.3 is 6.09 Å². The minimum absolute atomic E-state index is 0.208. The van der Waals surface area contributed by atoms with Crippen LogP contribution in [0.25, 0.3) is 0 Å². The quantitative estimate of drug-likeness (QED) is 0.833. The molecule has 0 radical (unpaired) electrons. The Kier molecular flexibility index (Phi) is 3.52. The van der Waals surface area contributed by atoms with Crippen LogP contribution in [0.4, 0.5) is 10.5 Å². The number of cyclic esters (lactones) is 1. The first-order valence-electron chi connectivity index (χ1n) is 6.60. The molecule has 1 aromatic carbocycles. The van der Waals surface area contributed by atoms with Crippen molar-refractivity contribution < 1.29 is 9.53 Å². The van der Waals surface area contributed by atoms with E-state index in [0.29, 0.717) is 5.02 Å². The molecule has 0 aromatic heterocycles. The summed E-state index contributed by atoms with van der Waals surface area (Å²) in [5.41, 5.74) is 0.919. The van der Waals surface area contributed by atoms with Gasteiger partial charge < -0.3 is 4.74 Å². The van der Waals surface area contributed by atoms with Crippen molar-refractivity contribution in [3.63, 3.8) is 0 Å². The van der Waals surface area contributed by atoms with Crippen LogP contribution < -0.4 is 5.32 Å². The van der Waals surface area contributed by atoms with E-state index in [2.05, 4.69) is 33.0 Å². The second-order valence-electron chi connectivity index (χ2n) is 6.03. The molecule has 19 heavy (non-hydrogen) atoms. The summed E-state index contributed by atoms with van der Waals surface area (Å²) in [7, 11) is 0. The van der Waals surface area contributed by atoms with Crippen molar-refractivity contribution >= 4 is 23.4 Å². The first-order chi connectivity index (χ1) is 8.80. The highest BCUT2D eigenvalue weighted by atomic mass is 35.5. The molecule has 1 atom stereocenters. The normalized spacial score (nSPS) is 22.5. The molecule has 104 valence electrons. The van der Waals surface area contributed by atoms with Crippen molar-refractivity contribution in [1.29, 1.82) is 0 Å². The van der Waals surface area contributed by atoms with Crippen LogP contribution in [0.15, 0.2) is 18.2 Å². The minimum Gasteiger partial charge on any atom is -0.437 e. The van der Waals surface area contributed by atoms with Crippen LogP contribution in [0, 0.1) is 5.41 Å². The first kappa shape index (κ1) is 14.2. The van der Waals surface area contributed by atoms with Gasteiger partial charge in [0.2, 0.25) is 0 Å². The number of hydrogen-bond acceptors (Lipinski definition) is 2. The van der Waals surface area contributed by atoms with E-state index in [4.69, 9.17) is 16.3 Å². The van der Waals surface area contributed by atoms with Crippen LogP contribution >= 0.6 is 11.6 Å². The fourth-order valence-electron chi connectivity index (χ4n) is 2.78. The Labute approximate surface area is 119 Å². The van der Waals surface area contributed by atoms with Crippen LogP contribution in [0.1, 0.15) is 46.1 Å². The number of carbonyl (C=O) groups excluding carboxylic acids is 1. The van der Waals surface area contributed by atoms with Gasteiger partial charge in [-0.05, 0) is 24.6 Å². The number of amides is 1. The Morgan fingerprint density at radius 3 is 2.63 bits per heavy atom. The van der Waals surface area contributed by atoms with Crippen LogP contribution in [-0.2, 0) is 10.3 Å². The van der Waals surface area contributed by atoms with Crippen LogP contribution in [-0.4, -0.2) is 6.09 Å². The maximum atomic E-state index is 11.9. The van der Waals surface area contributed by atoms with Gasteiger partial charge in [-0.15, -0.1) is 0 Å². The SMILES string of the molecule is CCC[C@@]1(C(C)(C)C)OC(=O)Nc2ccc(Cl)cc21. The predicted molar refractivity (Wildman–Crippen MR) is 77.6 cm³/mol. The van der Waals surface area contributed by atoms with Gasteiger partial charge in [0.25, 0.3) is 0 Å². The molecule has 2 rings (SSSR count).